The summed E-state index contributed by atoms with van der Waals surface area (Å²) in [6, 6.07) is 0. The highest BCUT2D eigenvalue weighted by atomic mass is 16.5. The summed E-state index contributed by atoms with van der Waals surface area (Å²) in [5.41, 5.74) is 0. The highest BCUT2D eigenvalue weighted by molar-refractivity contribution is 5.95. The molecule has 0 radical (unpaired) electrons. The molecule has 0 unspecified atom stereocenters. The number of ether oxygens (including phenoxy) is 1. The lowest BCUT2D eigenvalue weighted by Gasteiger charge is -2.23. The van der Waals surface area contributed by atoms with Gasteiger partial charge in [0.05, 0.1) is 11.8 Å². The number of hydrogen-bond donors (Lipinski definition) is 2. The zero-order valence-electron chi connectivity index (χ0n) is 9.80. The fraction of sp³-hybridized carbons (Fsp3) is 0.417. The van der Waals surface area contributed by atoms with Crippen molar-refractivity contribution < 1.29 is 24.2 Å². The van der Waals surface area contributed by atoms with Gasteiger partial charge in [-0.2, -0.15) is 0 Å². The Kier molecular flexibility index (Phi) is 5.10. The largest absolute Gasteiger partial charge is 0.481 e. The third-order valence-electron chi connectivity index (χ3n) is 2.64. The van der Waals surface area contributed by atoms with Crippen LogP contribution in [0.15, 0.2) is 24.8 Å². The van der Waals surface area contributed by atoms with Crippen LogP contribution < -0.4 is 5.32 Å². The third kappa shape index (κ3) is 3.73. The quantitative estimate of drug-likeness (QED) is 0.731. The monoisotopic (exact) mass is 253 g/mol. The van der Waals surface area contributed by atoms with E-state index in [1.807, 2.05) is 5.32 Å². The number of carbonyl (C=O) groups is 3. The predicted molar refractivity (Wildman–Crippen MR) is 62.7 cm³/mol. The molecule has 0 aromatic rings. The number of aliphatic carboxylic acids is 1. The molecule has 0 aromatic heterocycles. The molecule has 1 aliphatic carbocycles. The highest BCUT2D eigenvalue weighted by Crippen LogP contribution is 2.25. The van der Waals surface area contributed by atoms with Gasteiger partial charge in [0.25, 0.3) is 0 Å². The van der Waals surface area contributed by atoms with Crippen LogP contribution >= 0.6 is 0 Å². The average molecular weight is 253 g/mol. The van der Waals surface area contributed by atoms with Gasteiger partial charge in [-0.1, -0.05) is 24.8 Å². The third-order valence-corrected chi connectivity index (χ3v) is 2.64. The topological polar surface area (TPSA) is 92.7 Å². The van der Waals surface area contributed by atoms with Crippen LogP contribution in [0.5, 0.6) is 0 Å². The maximum Gasteiger partial charge on any atom is 0.414 e. The van der Waals surface area contributed by atoms with E-state index in [9.17, 15) is 14.4 Å². The Labute approximate surface area is 104 Å². The molecule has 2 N–H and O–H groups in total. The van der Waals surface area contributed by atoms with Gasteiger partial charge in [-0.15, -0.1) is 0 Å². The normalized spacial score (nSPS) is 22.0. The van der Waals surface area contributed by atoms with Crippen molar-refractivity contribution in [3.8, 4) is 0 Å². The minimum atomic E-state index is -1.04. The molecule has 2 amide bonds. The summed E-state index contributed by atoms with van der Waals surface area (Å²) in [6.45, 7) is 3.35. The summed E-state index contributed by atoms with van der Waals surface area (Å²) in [4.78, 5) is 33.9. The number of amides is 2. The number of carbonyl (C=O) groups excluding carboxylic acids is 2. The Bertz CT molecular complexity index is 388. The summed E-state index contributed by atoms with van der Waals surface area (Å²) in [6.07, 6.45) is 4.52. The molecule has 1 aliphatic rings. The molecule has 1 rings (SSSR count). The first-order valence-corrected chi connectivity index (χ1v) is 5.52. The Morgan fingerprint density at radius 1 is 1.33 bits per heavy atom. The molecule has 0 aromatic carbocycles. The van der Waals surface area contributed by atoms with Gasteiger partial charge in [0.1, 0.15) is 6.61 Å². The van der Waals surface area contributed by atoms with Crippen molar-refractivity contribution in [1.82, 2.24) is 5.32 Å². The summed E-state index contributed by atoms with van der Waals surface area (Å²) in [5.74, 6) is -3.22. The molecule has 0 bridgehead atoms. The van der Waals surface area contributed by atoms with Gasteiger partial charge < -0.3 is 9.84 Å². The van der Waals surface area contributed by atoms with Crippen LogP contribution in [0.2, 0.25) is 0 Å². The van der Waals surface area contributed by atoms with Gasteiger partial charge in [-0.05, 0) is 12.8 Å². The number of imide groups is 1. The summed E-state index contributed by atoms with van der Waals surface area (Å²) in [5, 5.41) is 11.0. The molecule has 18 heavy (non-hydrogen) atoms. The van der Waals surface area contributed by atoms with E-state index in [1.165, 1.54) is 6.08 Å². The van der Waals surface area contributed by atoms with Crippen LogP contribution in [-0.4, -0.2) is 29.7 Å². The fourth-order valence-corrected chi connectivity index (χ4v) is 1.74. The van der Waals surface area contributed by atoms with E-state index in [4.69, 9.17) is 5.11 Å². The van der Waals surface area contributed by atoms with Gasteiger partial charge in [0, 0.05) is 0 Å². The average Bonchev–Trinajstić information content (AvgIpc) is 2.36. The smallest absolute Gasteiger partial charge is 0.414 e. The standard InChI is InChI=1S/C12H15NO5/c1-2-7-18-12(17)13-10(14)8-5-3-4-6-9(8)11(15)16/h2-4,8-9H,1,5-7H2,(H,15,16)(H,13,14,17)/t8-,9+/m1/s1. The number of carboxylic acids is 1. The molecule has 0 fully saturated rings. The van der Waals surface area contributed by atoms with Crippen LogP contribution in [0.3, 0.4) is 0 Å². The number of alkyl carbamates (subject to hydrolysis) is 1. The van der Waals surface area contributed by atoms with E-state index in [0.717, 1.165) is 0 Å². The molecule has 2 atom stereocenters. The first kappa shape index (κ1) is 14.0. The van der Waals surface area contributed by atoms with Gasteiger partial charge in [0.15, 0.2) is 0 Å². The summed E-state index contributed by atoms with van der Waals surface area (Å²) in [7, 11) is 0. The first-order valence-electron chi connectivity index (χ1n) is 5.52. The number of rotatable bonds is 4. The lowest BCUT2D eigenvalue weighted by molar-refractivity contribution is -0.147. The molecule has 6 nitrogen and oxygen atoms in total. The second-order valence-corrected chi connectivity index (χ2v) is 3.87. The van der Waals surface area contributed by atoms with Gasteiger partial charge in [-0.25, -0.2) is 4.79 Å². The molecule has 98 valence electrons. The lowest BCUT2D eigenvalue weighted by Crippen LogP contribution is -2.41. The molecule has 0 saturated carbocycles. The maximum absolute atomic E-state index is 11.8. The van der Waals surface area contributed by atoms with E-state index in [-0.39, 0.29) is 13.0 Å². The SMILES string of the molecule is C=CCOC(=O)NC(=O)[C@@H]1CC=CC[C@@H]1C(=O)O. The Balaban J connectivity index is 2.59. The van der Waals surface area contributed by atoms with E-state index < -0.39 is 29.8 Å². The molecule has 0 spiro atoms. The Hall–Kier alpha value is -2.11. The van der Waals surface area contributed by atoms with Gasteiger partial charge >= 0.3 is 12.1 Å². The van der Waals surface area contributed by atoms with Crippen molar-refractivity contribution in [3.63, 3.8) is 0 Å². The Morgan fingerprint density at radius 3 is 2.50 bits per heavy atom. The second kappa shape index (κ2) is 6.58. The van der Waals surface area contributed by atoms with Crippen molar-refractivity contribution in [3.05, 3.63) is 24.8 Å². The van der Waals surface area contributed by atoms with Crippen molar-refractivity contribution in [1.29, 1.82) is 0 Å². The van der Waals surface area contributed by atoms with Crippen molar-refractivity contribution >= 4 is 18.0 Å². The first-order chi connectivity index (χ1) is 8.56. The van der Waals surface area contributed by atoms with Crippen molar-refractivity contribution in [2.75, 3.05) is 6.61 Å². The molecule has 6 heteroatoms. The highest BCUT2D eigenvalue weighted by Gasteiger charge is 2.34. The summed E-state index contributed by atoms with van der Waals surface area (Å²) < 4.78 is 4.59. The summed E-state index contributed by atoms with van der Waals surface area (Å²) >= 11 is 0. The maximum atomic E-state index is 11.8. The van der Waals surface area contributed by atoms with Crippen LogP contribution in [0.1, 0.15) is 12.8 Å². The molecule has 0 heterocycles. The number of allylic oxidation sites excluding steroid dienone is 2. The molecular weight excluding hydrogens is 238 g/mol. The number of carboxylic acid groups (broad SMARTS) is 1. The lowest BCUT2D eigenvalue weighted by atomic mass is 9.82. The van der Waals surface area contributed by atoms with E-state index in [1.54, 1.807) is 12.2 Å². The fourth-order valence-electron chi connectivity index (χ4n) is 1.74. The number of nitrogens with one attached hydrogen (secondary N) is 1. The Morgan fingerprint density at radius 2 is 1.94 bits per heavy atom. The van der Waals surface area contributed by atoms with Gasteiger partial charge in [-0.3, -0.25) is 14.9 Å². The predicted octanol–water partition coefficient (Wildman–Crippen LogP) is 1.09. The zero-order valence-corrected chi connectivity index (χ0v) is 9.80. The van der Waals surface area contributed by atoms with Crippen molar-refractivity contribution in [2.45, 2.75) is 12.8 Å². The van der Waals surface area contributed by atoms with Crippen LogP contribution in [0.25, 0.3) is 0 Å². The van der Waals surface area contributed by atoms with Gasteiger partial charge in [0.2, 0.25) is 5.91 Å². The van der Waals surface area contributed by atoms with Crippen LogP contribution in [0.4, 0.5) is 4.79 Å². The molecule has 0 saturated heterocycles. The van der Waals surface area contributed by atoms with E-state index in [2.05, 4.69) is 11.3 Å². The van der Waals surface area contributed by atoms with E-state index in [0.29, 0.717) is 6.42 Å². The second-order valence-electron chi connectivity index (χ2n) is 3.87. The minimum absolute atomic E-state index is 0.00789. The molecular formula is C12H15NO5. The van der Waals surface area contributed by atoms with Crippen LogP contribution in [0, 0.1) is 11.8 Å². The van der Waals surface area contributed by atoms with E-state index >= 15 is 0 Å². The van der Waals surface area contributed by atoms with Crippen LogP contribution in [-0.2, 0) is 14.3 Å². The molecule has 0 aliphatic heterocycles. The zero-order chi connectivity index (χ0) is 13.5. The van der Waals surface area contributed by atoms with Crippen molar-refractivity contribution in [2.24, 2.45) is 11.8 Å². The minimum Gasteiger partial charge on any atom is -0.481 e. The number of hydrogen-bond acceptors (Lipinski definition) is 4.